The summed E-state index contributed by atoms with van der Waals surface area (Å²) in [6.45, 7) is 0. The van der Waals surface area contributed by atoms with Crippen molar-refractivity contribution in [2.45, 2.75) is 5.16 Å². The van der Waals surface area contributed by atoms with Crippen LogP contribution in [0.1, 0.15) is 5.56 Å². The van der Waals surface area contributed by atoms with Crippen molar-refractivity contribution in [1.29, 1.82) is 0 Å². The molecule has 2 aromatic heterocycles. The van der Waals surface area contributed by atoms with E-state index in [0.29, 0.717) is 5.16 Å². The highest BCUT2D eigenvalue weighted by Crippen LogP contribution is 2.23. The molecule has 0 spiro atoms. The summed E-state index contributed by atoms with van der Waals surface area (Å²) in [7, 11) is 1.87. The average molecular weight is 431 g/mol. The van der Waals surface area contributed by atoms with Crippen molar-refractivity contribution >= 4 is 39.8 Å². The Morgan fingerprint density at radius 3 is 2.85 bits per heavy atom. The summed E-state index contributed by atoms with van der Waals surface area (Å²) in [5, 5.41) is 12.9. The molecule has 0 atom stereocenters. The molecule has 0 saturated carbocycles. The van der Waals surface area contributed by atoms with Gasteiger partial charge in [0.1, 0.15) is 0 Å². The second-order valence-electron chi connectivity index (χ2n) is 5.24. The molecular formula is C17H15BrN6OS. The molecule has 9 heteroatoms. The zero-order chi connectivity index (χ0) is 18.4. The molecule has 1 N–H and O–H groups in total. The smallest absolute Gasteiger partial charge is 0.250 e. The standard InChI is InChI=1S/C17H15BrN6OS/c1-24-16(13-4-6-14(18)7-5-13)22-23-17(24)26-11-15(25)21-20-10-12-3-2-8-19-9-12/h2-10H,11H2,1H3,(H,21,25)/b20-10+. The lowest BCUT2D eigenvalue weighted by Crippen LogP contribution is -2.19. The van der Waals surface area contributed by atoms with E-state index < -0.39 is 0 Å². The maximum Gasteiger partial charge on any atom is 0.250 e. The van der Waals surface area contributed by atoms with Crippen LogP contribution in [0, 0.1) is 0 Å². The number of nitrogens with one attached hydrogen (secondary N) is 1. The summed E-state index contributed by atoms with van der Waals surface area (Å²) in [6, 6.07) is 11.5. The fourth-order valence-electron chi connectivity index (χ4n) is 2.08. The number of carbonyl (C=O) groups is 1. The van der Waals surface area contributed by atoms with Gasteiger partial charge in [0.2, 0.25) is 0 Å². The Hall–Kier alpha value is -2.52. The van der Waals surface area contributed by atoms with Crippen molar-refractivity contribution < 1.29 is 4.79 Å². The Morgan fingerprint density at radius 1 is 1.31 bits per heavy atom. The zero-order valence-electron chi connectivity index (χ0n) is 13.8. The number of amides is 1. The summed E-state index contributed by atoms with van der Waals surface area (Å²) < 4.78 is 2.86. The van der Waals surface area contributed by atoms with Gasteiger partial charge in [0.25, 0.3) is 5.91 Å². The number of hydrogen-bond acceptors (Lipinski definition) is 6. The molecule has 0 saturated heterocycles. The summed E-state index contributed by atoms with van der Waals surface area (Å²) in [4.78, 5) is 15.9. The minimum atomic E-state index is -0.219. The highest BCUT2D eigenvalue weighted by Gasteiger charge is 2.12. The van der Waals surface area contributed by atoms with Gasteiger partial charge in [-0.25, -0.2) is 5.43 Å². The van der Waals surface area contributed by atoms with Crippen LogP contribution < -0.4 is 5.43 Å². The molecule has 1 amide bonds. The van der Waals surface area contributed by atoms with Gasteiger partial charge in [-0.1, -0.05) is 45.9 Å². The van der Waals surface area contributed by atoms with Crippen LogP contribution in [0.2, 0.25) is 0 Å². The van der Waals surface area contributed by atoms with E-state index in [-0.39, 0.29) is 11.7 Å². The largest absolute Gasteiger partial charge is 0.305 e. The molecule has 0 aliphatic carbocycles. The van der Waals surface area contributed by atoms with E-state index in [1.54, 1.807) is 24.7 Å². The lowest BCUT2D eigenvalue weighted by molar-refractivity contribution is -0.118. The molecule has 0 bridgehead atoms. The van der Waals surface area contributed by atoms with Crippen molar-refractivity contribution in [3.05, 3.63) is 58.8 Å². The third-order valence-corrected chi connectivity index (χ3v) is 4.91. The number of thioether (sulfide) groups is 1. The maximum absolute atomic E-state index is 11.9. The number of hydrazone groups is 1. The van der Waals surface area contributed by atoms with Crippen LogP contribution in [0.4, 0.5) is 0 Å². The second kappa shape index (κ2) is 8.72. The van der Waals surface area contributed by atoms with E-state index in [2.05, 4.69) is 41.6 Å². The summed E-state index contributed by atoms with van der Waals surface area (Å²) in [5.74, 6) is 0.717. The summed E-state index contributed by atoms with van der Waals surface area (Å²) in [5.41, 5.74) is 4.26. The fourth-order valence-corrected chi connectivity index (χ4v) is 3.05. The maximum atomic E-state index is 11.9. The first-order chi connectivity index (χ1) is 12.6. The SMILES string of the molecule is Cn1c(SCC(=O)N/N=C/c2cccnc2)nnc1-c1ccc(Br)cc1. The van der Waals surface area contributed by atoms with Crippen LogP contribution in [0.5, 0.6) is 0 Å². The van der Waals surface area contributed by atoms with E-state index in [9.17, 15) is 4.79 Å². The number of carbonyl (C=O) groups excluding carboxylic acids is 1. The molecule has 3 rings (SSSR count). The number of nitrogens with zero attached hydrogens (tertiary/aromatic N) is 5. The molecule has 0 aliphatic heterocycles. The lowest BCUT2D eigenvalue weighted by Gasteiger charge is -2.04. The van der Waals surface area contributed by atoms with E-state index in [0.717, 1.165) is 21.4 Å². The van der Waals surface area contributed by atoms with Crippen molar-refractivity contribution in [3.63, 3.8) is 0 Å². The monoisotopic (exact) mass is 430 g/mol. The summed E-state index contributed by atoms with van der Waals surface area (Å²) in [6.07, 6.45) is 4.88. The molecule has 0 aliphatic rings. The minimum Gasteiger partial charge on any atom is -0.305 e. The third-order valence-electron chi connectivity index (χ3n) is 3.36. The van der Waals surface area contributed by atoms with E-state index in [1.807, 2.05) is 41.9 Å². The molecule has 0 radical (unpaired) electrons. The molecule has 0 fully saturated rings. The Morgan fingerprint density at radius 2 is 2.12 bits per heavy atom. The van der Waals surface area contributed by atoms with Gasteiger partial charge >= 0.3 is 0 Å². The normalized spacial score (nSPS) is 11.0. The number of aromatic nitrogens is 4. The van der Waals surface area contributed by atoms with Crippen molar-refractivity contribution in [1.82, 2.24) is 25.2 Å². The van der Waals surface area contributed by atoms with Gasteiger partial charge in [0.05, 0.1) is 12.0 Å². The van der Waals surface area contributed by atoms with Gasteiger partial charge < -0.3 is 4.57 Å². The van der Waals surface area contributed by atoms with Crippen LogP contribution >= 0.6 is 27.7 Å². The Balaban J connectivity index is 1.55. The number of halogens is 1. The Labute approximate surface area is 163 Å². The molecule has 26 heavy (non-hydrogen) atoms. The van der Waals surface area contributed by atoms with Gasteiger partial charge in [-0.15, -0.1) is 10.2 Å². The van der Waals surface area contributed by atoms with Gasteiger partial charge in [0, 0.05) is 35.0 Å². The predicted octanol–water partition coefficient (Wildman–Crippen LogP) is 2.88. The molecule has 3 aromatic rings. The predicted molar refractivity (Wildman–Crippen MR) is 105 cm³/mol. The first-order valence-electron chi connectivity index (χ1n) is 7.63. The highest BCUT2D eigenvalue weighted by atomic mass is 79.9. The van der Waals surface area contributed by atoms with Gasteiger partial charge in [0.15, 0.2) is 11.0 Å². The molecular weight excluding hydrogens is 416 g/mol. The van der Waals surface area contributed by atoms with E-state index in [4.69, 9.17) is 0 Å². The van der Waals surface area contributed by atoms with Crippen molar-refractivity contribution in [2.75, 3.05) is 5.75 Å². The highest BCUT2D eigenvalue weighted by molar-refractivity contribution is 9.10. The number of pyridine rings is 1. The van der Waals surface area contributed by atoms with E-state index >= 15 is 0 Å². The first-order valence-corrected chi connectivity index (χ1v) is 9.41. The van der Waals surface area contributed by atoms with Gasteiger partial charge in [-0.05, 0) is 18.2 Å². The van der Waals surface area contributed by atoms with Crippen LogP contribution in [-0.4, -0.2) is 37.6 Å². The quantitative estimate of drug-likeness (QED) is 0.369. The lowest BCUT2D eigenvalue weighted by atomic mass is 10.2. The van der Waals surface area contributed by atoms with Crippen LogP contribution in [-0.2, 0) is 11.8 Å². The number of rotatable bonds is 6. The molecule has 7 nitrogen and oxygen atoms in total. The number of hydrogen-bond donors (Lipinski definition) is 1. The minimum absolute atomic E-state index is 0.191. The molecule has 1 aromatic carbocycles. The van der Waals surface area contributed by atoms with Gasteiger partial charge in [-0.2, -0.15) is 5.10 Å². The third kappa shape index (κ3) is 4.77. The van der Waals surface area contributed by atoms with Crippen LogP contribution in [0.15, 0.2) is 63.5 Å². The van der Waals surface area contributed by atoms with Crippen molar-refractivity contribution in [2.24, 2.45) is 12.1 Å². The zero-order valence-corrected chi connectivity index (χ0v) is 16.2. The van der Waals surface area contributed by atoms with Crippen LogP contribution in [0.3, 0.4) is 0 Å². The fraction of sp³-hybridized carbons (Fsp3) is 0.118. The first kappa shape index (κ1) is 18.3. The molecule has 132 valence electrons. The van der Waals surface area contributed by atoms with Crippen molar-refractivity contribution in [3.8, 4) is 11.4 Å². The second-order valence-corrected chi connectivity index (χ2v) is 7.10. The molecule has 2 heterocycles. The van der Waals surface area contributed by atoms with E-state index in [1.165, 1.54) is 11.8 Å². The Bertz CT molecular complexity index is 911. The average Bonchev–Trinajstić information content (AvgIpc) is 3.02. The van der Waals surface area contributed by atoms with Gasteiger partial charge in [-0.3, -0.25) is 9.78 Å². The Kier molecular flexibility index (Phi) is 6.13. The summed E-state index contributed by atoms with van der Waals surface area (Å²) >= 11 is 4.71. The number of benzene rings is 1. The van der Waals surface area contributed by atoms with Crippen LogP contribution in [0.25, 0.3) is 11.4 Å². The molecule has 0 unspecified atom stereocenters. The topological polar surface area (TPSA) is 85.1 Å².